The molecule has 0 spiro atoms. The van der Waals surface area contributed by atoms with Crippen molar-refractivity contribution < 1.29 is 23.7 Å². The first-order valence-electron chi connectivity index (χ1n) is 8.99. The number of amidine groups is 1. The first-order chi connectivity index (χ1) is 12.8. The van der Waals surface area contributed by atoms with Gasteiger partial charge in [-0.1, -0.05) is 30.0 Å². The molecular weight excluding hydrogens is 368 g/mol. The molecule has 5 atom stereocenters. The van der Waals surface area contributed by atoms with Gasteiger partial charge in [0.1, 0.15) is 36.4 Å². The van der Waals surface area contributed by atoms with Crippen LogP contribution >= 0.6 is 11.8 Å². The van der Waals surface area contributed by atoms with Crippen molar-refractivity contribution in [3.63, 3.8) is 0 Å². The van der Waals surface area contributed by atoms with Gasteiger partial charge in [0.2, 0.25) is 0 Å². The second-order valence-electron chi connectivity index (χ2n) is 7.49. The minimum Gasteiger partial charge on any atom is -0.459 e. The Morgan fingerprint density at radius 2 is 1.93 bits per heavy atom. The number of carbonyl (C=O) groups is 1. The van der Waals surface area contributed by atoms with Gasteiger partial charge in [0.05, 0.1) is 5.56 Å². The van der Waals surface area contributed by atoms with Crippen LogP contribution in [0.15, 0.2) is 35.3 Å². The number of aliphatic imine (C=N–C) groups is 1. The van der Waals surface area contributed by atoms with Crippen molar-refractivity contribution in [1.29, 1.82) is 0 Å². The van der Waals surface area contributed by atoms with E-state index in [1.165, 1.54) is 0 Å². The van der Waals surface area contributed by atoms with E-state index in [0.29, 0.717) is 5.56 Å². The molecule has 1 aromatic carbocycles. The summed E-state index contributed by atoms with van der Waals surface area (Å²) >= 11 is 1.56. The van der Waals surface area contributed by atoms with E-state index in [1.54, 1.807) is 36.0 Å². The van der Waals surface area contributed by atoms with E-state index in [4.69, 9.17) is 23.9 Å². The average molecular weight is 392 g/mol. The highest BCUT2D eigenvalue weighted by Crippen LogP contribution is 2.44. The van der Waals surface area contributed by atoms with Crippen molar-refractivity contribution in [2.45, 2.75) is 49.4 Å². The predicted molar refractivity (Wildman–Crippen MR) is 102 cm³/mol. The SMILES string of the molecule is CN(C)C1=N[C@@H]2[C@H]3OC(C)(C)O[C@@H]3[C@@H](COC(=O)c3ccccc3)O[C@@H]2S1. The maximum absolute atomic E-state index is 12.3. The Morgan fingerprint density at radius 3 is 2.63 bits per heavy atom. The highest BCUT2D eigenvalue weighted by Gasteiger charge is 2.57. The zero-order chi connectivity index (χ0) is 19.2. The molecule has 0 aliphatic carbocycles. The van der Waals surface area contributed by atoms with Crippen molar-refractivity contribution in [3.05, 3.63) is 35.9 Å². The van der Waals surface area contributed by atoms with Crippen molar-refractivity contribution in [2.75, 3.05) is 20.7 Å². The molecule has 3 aliphatic rings. The fourth-order valence-corrected chi connectivity index (χ4v) is 4.67. The van der Waals surface area contributed by atoms with Crippen molar-refractivity contribution in [1.82, 2.24) is 4.90 Å². The number of nitrogens with zero attached hydrogens (tertiary/aromatic N) is 2. The number of rotatable bonds is 3. The number of benzene rings is 1. The average Bonchev–Trinajstić information content (AvgIpc) is 3.20. The lowest BCUT2D eigenvalue weighted by Gasteiger charge is -2.37. The van der Waals surface area contributed by atoms with E-state index in [2.05, 4.69) is 0 Å². The second-order valence-corrected chi connectivity index (χ2v) is 8.55. The molecule has 3 aliphatic heterocycles. The molecular formula is C19H24N2O5S. The van der Waals surface area contributed by atoms with E-state index in [9.17, 15) is 4.79 Å². The minimum absolute atomic E-state index is 0.107. The van der Waals surface area contributed by atoms with Gasteiger partial charge >= 0.3 is 5.97 Å². The highest BCUT2D eigenvalue weighted by molar-refractivity contribution is 8.14. The van der Waals surface area contributed by atoms with Crippen LogP contribution in [0.1, 0.15) is 24.2 Å². The number of esters is 1. The third-order valence-electron chi connectivity index (χ3n) is 4.71. The van der Waals surface area contributed by atoms with E-state index >= 15 is 0 Å². The van der Waals surface area contributed by atoms with E-state index in [0.717, 1.165) is 5.17 Å². The zero-order valence-corrected chi connectivity index (χ0v) is 16.6. The van der Waals surface area contributed by atoms with Gasteiger partial charge in [-0.3, -0.25) is 4.99 Å². The lowest BCUT2D eigenvalue weighted by atomic mass is 9.99. The van der Waals surface area contributed by atoms with E-state index in [-0.39, 0.29) is 36.3 Å². The highest BCUT2D eigenvalue weighted by atomic mass is 32.2. The normalized spacial score (nSPS) is 33.8. The van der Waals surface area contributed by atoms with Gasteiger partial charge in [0, 0.05) is 14.1 Å². The molecule has 0 radical (unpaired) electrons. The summed E-state index contributed by atoms with van der Waals surface area (Å²) in [5, 5.41) is 0.902. The zero-order valence-electron chi connectivity index (χ0n) is 15.8. The number of carbonyl (C=O) groups excluding carboxylic acids is 1. The smallest absolute Gasteiger partial charge is 0.338 e. The molecule has 0 saturated carbocycles. The Bertz CT molecular complexity index is 739. The number of ether oxygens (including phenoxy) is 4. The van der Waals surface area contributed by atoms with Crippen LogP contribution in [0.2, 0.25) is 0 Å². The summed E-state index contributed by atoms with van der Waals surface area (Å²) in [6.45, 7) is 3.87. The summed E-state index contributed by atoms with van der Waals surface area (Å²) in [5.74, 6) is -1.10. The maximum Gasteiger partial charge on any atom is 0.338 e. The summed E-state index contributed by atoms with van der Waals surface area (Å²) in [6, 6.07) is 8.79. The number of fused-ring (bicyclic) bond motifs is 3. The molecule has 4 rings (SSSR count). The van der Waals surface area contributed by atoms with Gasteiger partial charge < -0.3 is 23.8 Å². The quantitative estimate of drug-likeness (QED) is 0.730. The molecule has 2 saturated heterocycles. The topological polar surface area (TPSA) is 69.6 Å². The fraction of sp³-hybridized carbons (Fsp3) is 0.579. The largest absolute Gasteiger partial charge is 0.459 e. The van der Waals surface area contributed by atoms with Gasteiger partial charge in [-0.05, 0) is 26.0 Å². The van der Waals surface area contributed by atoms with Gasteiger partial charge in [-0.15, -0.1) is 0 Å². The number of hydrogen-bond acceptors (Lipinski definition) is 8. The van der Waals surface area contributed by atoms with E-state index in [1.807, 2.05) is 38.9 Å². The molecule has 8 heteroatoms. The first kappa shape index (κ1) is 18.7. The van der Waals surface area contributed by atoms with Gasteiger partial charge in [-0.25, -0.2) is 4.79 Å². The van der Waals surface area contributed by atoms with Crippen LogP contribution in [0.3, 0.4) is 0 Å². The molecule has 3 heterocycles. The van der Waals surface area contributed by atoms with Crippen LogP contribution in [-0.2, 0) is 18.9 Å². The van der Waals surface area contributed by atoms with Crippen molar-refractivity contribution in [2.24, 2.45) is 4.99 Å². The van der Waals surface area contributed by atoms with Crippen LogP contribution in [0.25, 0.3) is 0 Å². The molecule has 0 amide bonds. The van der Waals surface area contributed by atoms with Crippen LogP contribution < -0.4 is 0 Å². The van der Waals surface area contributed by atoms with Crippen LogP contribution in [-0.4, -0.2) is 72.3 Å². The lowest BCUT2D eigenvalue weighted by molar-refractivity contribution is -0.159. The summed E-state index contributed by atoms with van der Waals surface area (Å²) in [4.78, 5) is 19.0. The fourth-order valence-electron chi connectivity index (χ4n) is 3.52. The first-order valence-corrected chi connectivity index (χ1v) is 9.87. The van der Waals surface area contributed by atoms with Gasteiger partial charge in [0.25, 0.3) is 0 Å². The standard InChI is InChI=1S/C19H24N2O5S/c1-19(2)25-14-12(10-23-16(22)11-8-6-5-7-9-11)24-17-13(15(14)26-19)20-18(27-17)21(3)4/h5-9,12-15,17H,10H2,1-4H3/t12-,13-,14-,15-,17-/m1/s1. The summed E-state index contributed by atoms with van der Waals surface area (Å²) < 4.78 is 23.9. The molecule has 0 bridgehead atoms. The molecule has 27 heavy (non-hydrogen) atoms. The molecule has 1 aromatic rings. The molecule has 0 N–H and O–H groups in total. The Balaban J connectivity index is 1.48. The molecule has 0 unspecified atom stereocenters. The van der Waals surface area contributed by atoms with Crippen LogP contribution in [0.5, 0.6) is 0 Å². The van der Waals surface area contributed by atoms with Gasteiger partial charge in [-0.2, -0.15) is 0 Å². The number of thioether (sulfide) groups is 1. The van der Waals surface area contributed by atoms with Crippen LogP contribution in [0, 0.1) is 0 Å². The second kappa shape index (κ2) is 7.09. The van der Waals surface area contributed by atoms with E-state index < -0.39 is 11.9 Å². The summed E-state index contributed by atoms with van der Waals surface area (Å²) in [6.07, 6.45) is -0.977. The maximum atomic E-state index is 12.3. The predicted octanol–water partition coefficient (Wildman–Crippen LogP) is 2.12. The third-order valence-corrected chi connectivity index (χ3v) is 6.01. The molecule has 146 valence electrons. The summed E-state index contributed by atoms with van der Waals surface area (Å²) in [5.41, 5.74) is 0.335. The Morgan fingerprint density at radius 1 is 1.22 bits per heavy atom. The molecule has 0 aromatic heterocycles. The Hall–Kier alpha value is -1.61. The number of hydrogen-bond donors (Lipinski definition) is 0. The van der Waals surface area contributed by atoms with Crippen LogP contribution in [0.4, 0.5) is 0 Å². The Kier molecular flexibility index (Phi) is 4.92. The monoisotopic (exact) mass is 392 g/mol. The molecule has 2 fully saturated rings. The third kappa shape index (κ3) is 3.71. The molecule has 7 nitrogen and oxygen atoms in total. The van der Waals surface area contributed by atoms with Crippen molar-refractivity contribution in [3.8, 4) is 0 Å². The lowest BCUT2D eigenvalue weighted by Crippen LogP contribution is -2.54. The van der Waals surface area contributed by atoms with Gasteiger partial charge in [0.15, 0.2) is 11.0 Å². The Labute approximate surface area is 163 Å². The minimum atomic E-state index is -0.726. The summed E-state index contributed by atoms with van der Waals surface area (Å²) in [7, 11) is 3.91. The van der Waals surface area contributed by atoms with Crippen molar-refractivity contribution >= 4 is 22.9 Å².